The third-order valence-corrected chi connectivity index (χ3v) is 7.54. The molecule has 3 rings (SSSR count). The van der Waals surface area contributed by atoms with E-state index in [1.54, 1.807) is 23.5 Å². The second kappa shape index (κ2) is 7.54. The molecular formula is C19H30N2O2S. The van der Waals surface area contributed by atoms with E-state index in [4.69, 9.17) is 0 Å². The fraction of sp³-hybridized carbons (Fsp3) is 0.684. The Balaban J connectivity index is 1.71. The molecule has 1 saturated carbocycles. The van der Waals surface area contributed by atoms with Crippen LogP contribution in [0, 0.1) is 12.8 Å². The maximum absolute atomic E-state index is 12.9. The molecule has 0 radical (unpaired) electrons. The standard InChI is InChI=1S/C19H30N2O2S/c1-16-9-11-18(12-10-16)24(22,23)20(2)15-17-7-3-4-8-19(17)21-13-5-6-14-21/h9-12,17,19H,3-8,13-15H2,1-2H3/t17-,19-/m0/s1. The average Bonchev–Trinajstić information content (AvgIpc) is 3.10. The van der Waals surface area contributed by atoms with Crippen molar-refractivity contribution in [2.75, 3.05) is 26.7 Å². The molecule has 0 aromatic heterocycles. The number of benzene rings is 1. The first-order valence-corrected chi connectivity index (χ1v) is 10.7. The van der Waals surface area contributed by atoms with E-state index in [0.717, 1.165) is 12.0 Å². The van der Waals surface area contributed by atoms with Crippen LogP contribution in [0.3, 0.4) is 0 Å². The molecule has 0 N–H and O–H groups in total. The highest BCUT2D eigenvalue weighted by Crippen LogP contribution is 2.32. The topological polar surface area (TPSA) is 40.6 Å². The van der Waals surface area contributed by atoms with E-state index in [-0.39, 0.29) is 0 Å². The zero-order valence-corrected chi connectivity index (χ0v) is 15.8. The van der Waals surface area contributed by atoms with Crippen LogP contribution < -0.4 is 0 Å². The smallest absolute Gasteiger partial charge is 0.242 e. The maximum Gasteiger partial charge on any atom is 0.242 e. The van der Waals surface area contributed by atoms with E-state index in [0.29, 0.717) is 23.4 Å². The van der Waals surface area contributed by atoms with E-state index < -0.39 is 10.0 Å². The van der Waals surface area contributed by atoms with Gasteiger partial charge in [0.05, 0.1) is 4.90 Å². The Kier molecular flexibility index (Phi) is 5.63. The molecule has 2 aliphatic rings. The molecule has 1 aromatic rings. The van der Waals surface area contributed by atoms with Gasteiger partial charge in [0.2, 0.25) is 10.0 Å². The van der Waals surface area contributed by atoms with Gasteiger partial charge in [-0.05, 0) is 63.7 Å². The van der Waals surface area contributed by atoms with Gasteiger partial charge in [0, 0.05) is 19.6 Å². The fourth-order valence-corrected chi connectivity index (χ4v) is 5.50. The molecule has 2 atom stereocenters. The largest absolute Gasteiger partial charge is 0.300 e. The zero-order chi connectivity index (χ0) is 17.2. The first kappa shape index (κ1) is 17.9. The maximum atomic E-state index is 12.9. The van der Waals surface area contributed by atoms with Crippen LogP contribution in [-0.2, 0) is 10.0 Å². The molecule has 0 bridgehead atoms. The van der Waals surface area contributed by atoms with Gasteiger partial charge < -0.3 is 4.90 Å². The fourth-order valence-electron chi connectivity index (χ4n) is 4.27. The third kappa shape index (κ3) is 3.84. The number of sulfonamides is 1. The molecule has 4 nitrogen and oxygen atoms in total. The number of rotatable bonds is 5. The molecule has 1 aliphatic heterocycles. The van der Waals surface area contributed by atoms with Crippen LogP contribution in [0.2, 0.25) is 0 Å². The Hall–Kier alpha value is -0.910. The van der Waals surface area contributed by atoms with Gasteiger partial charge in [-0.25, -0.2) is 12.7 Å². The number of likely N-dealkylation sites (tertiary alicyclic amines) is 1. The van der Waals surface area contributed by atoms with Crippen molar-refractivity contribution in [3.63, 3.8) is 0 Å². The number of hydrogen-bond donors (Lipinski definition) is 0. The van der Waals surface area contributed by atoms with Gasteiger partial charge in [0.25, 0.3) is 0 Å². The molecule has 1 aromatic carbocycles. The van der Waals surface area contributed by atoms with E-state index in [1.807, 2.05) is 19.1 Å². The van der Waals surface area contributed by atoms with E-state index in [2.05, 4.69) is 4.90 Å². The number of hydrogen-bond acceptors (Lipinski definition) is 3. The minimum Gasteiger partial charge on any atom is -0.300 e. The van der Waals surface area contributed by atoms with Gasteiger partial charge in [-0.1, -0.05) is 30.5 Å². The molecule has 0 amide bonds. The lowest BCUT2D eigenvalue weighted by Crippen LogP contribution is -2.45. The first-order valence-electron chi connectivity index (χ1n) is 9.25. The molecule has 134 valence electrons. The van der Waals surface area contributed by atoms with Gasteiger partial charge in [0.15, 0.2) is 0 Å². The predicted molar refractivity (Wildman–Crippen MR) is 97.5 cm³/mol. The lowest BCUT2D eigenvalue weighted by molar-refractivity contribution is 0.117. The van der Waals surface area contributed by atoms with E-state index in [1.165, 1.54) is 45.2 Å². The van der Waals surface area contributed by atoms with Gasteiger partial charge in [-0.2, -0.15) is 0 Å². The van der Waals surface area contributed by atoms with Crippen LogP contribution in [-0.4, -0.2) is 50.3 Å². The van der Waals surface area contributed by atoms with Crippen molar-refractivity contribution in [2.24, 2.45) is 5.92 Å². The number of aryl methyl sites for hydroxylation is 1. The second-order valence-corrected chi connectivity index (χ2v) is 9.50. The van der Waals surface area contributed by atoms with Gasteiger partial charge in [-0.15, -0.1) is 0 Å². The highest BCUT2D eigenvalue weighted by atomic mass is 32.2. The van der Waals surface area contributed by atoms with Crippen molar-refractivity contribution >= 4 is 10.0 Å². The lowest BCUT2D eigenvalue weighted by Gasteiger charge is -2.39. The summed E-state index contributed by atoms with van der Waals surface area (Å²) in [6.45, 7) is 4.99. The van der Waals surface area contributed by atoms with Gasteiger partial charge in [-0.3, -0.25) is 0 Å². The van der Waals surface area contributed by atoms with Crippen molar-refractivity contribution in [3.8, 4) is 0 Å². The minimum absolute atomic E-state index is 0.407. The number of nitrogens with zero attached hydrogens (tertiary/aromatic N) is 2. The molecule has 24 heavy (non-hydrogen) atoms. The van der Waals surface area contributed by atoms with Crippen LogP contribution in [0.15, 0.2) is 29.2 Å². The summed E-state index contributed by atoms with van der Waals surface area (Å²) < 4.78 is 27.3. The Morgan fingerprint density at radius 3 is 2.33 bits per heavy atom. The molecule has 5 heteroatoms. The molecule has 1 heterocycles. The van der Waals surface area contributed by atoms with Crippen molar-refractivity contribution in [3.05, 3.63) is 29.8 Å². The molecule has 1 aliphatic carbocycles. The summed E-state index contributed by atoms with van der Waals surface area (Å²) in [6.07, 6.45) is 7.47. The summed E-state index contributed by atoms with van der Waals surface area (Å²) in [5.41, 5.74) is 1.08. The van der Waals surface area contributed by atoms with E-state index in [9.17, 15) is 8.42 Å². The monoisotopic (exact) mass is 350 g/mol. The quantitative estimate of drug-likeness (QED) is 0.818. The molecule has 0 spiro atoms. The predicted octanol–water partition coefficient (Wildman–Crippen LogP) is 3.27. The van der Waals surface area contributed by atoms with Crippen LogP contribution >= 0.6 is 0 Å². The Labute approximate surface area is 146 Å². The van der Waals surface area contributed by atoms with Gasteiger partial charge in [0.1, 0.15) is 0 Å². The lowest BCUT2D eigenvalue weighted by atomic mass is 9.83. The van der Waals surface area contributed by atoms with Crippen molar-refractivity contribution in [1.29, 1.82) is 0 Å². The molecule has 0 unspecified atom stereocenters. The summed E-state index contributed by atoms with van der Waals surface area (Å²) in [6, 6.07) is 7.75. The summed E-state index contributed by atoms with van der Waals surface area (Å²) in [4.78, 5) is 3.01. The summed E-state index contributed by atoms with van der Waals surface area (Å²) in [5, 5.41) is 0. The summed E-state index contributed by atoms with van der Waals surface area (Å²) in [5.74, 6) is 0.460. The highest BCUT2D eigenvalue weighted by Gasteiger charge is 2.34. The molecule has 2 fully saturated rings. The van der Waals surface area contributed by atoms with E-state index >= 15 is 0 Å². The Morgan fingerprint density at radius 1 is 1.04 bits per heavy atom. The van der Waals surface area contributed by atoms with Crippen molar-refractivity contribution in [2.45, 2.75) is 56.4 Å². The SMILES string of the molecule is Cc1ccc(S(=O)(=O)N(C)C[C@@H]2CCCC[C@@H]2N2CCCC2)cc1. The van der Waals surface area contributed by atoms with Gasteiger partial charge >= 0.3 is 0 Å². The highest BCUT2D eigenvalue weighted by molar-refractivity contribution is 7.89. The Bertz CT molecular complexity index is 636. The molecule has 1 saturated heterocycles. The minimum atomic E-state index is -3.39. The summed E-state index contributed by atoms with van der Waals surface area (Å²) in [7, 11) is -1.65. The Morgan fingerprint density at radius 2 is 1.67 bits per heavy atom. The van der Waals surface area contributed by atoms with Crippen LogP contribution in [0.1, 0.15) is 44.1 Å². The van der Waals surface area contributed by atoms with Crippen LogP contribution in [0.25, 0.3) is 0 Å². The first-order chi connectivity index (χ1) is 11.5. The molecular weight excluding hydrogens is 320 g/mol. The summed E-state index contributed by atoms with van der Waals surface area (Å²) >= 11 is 0. The average molecular weight is 351 g/mol. The third-order valence-electron chi connectivity index (χ3n) is 5.70. The second-order valence-electron chi connectivity index (χ2n) is 7.45. The van der Waals surface area contributed by atoms with Crippen LogP contribution in [0.4, 0.5) is 0 Å². The van der Waals surface area contributed by atoms with Crippen molar-refractivity contribution in [1.82, 2.24) is 9.21 Å². The van der Waals surface area contributed by atoms with Crippen molar-refractivity contribution < 1.29 is 8.42 Å². The normalized spacial score (nSPS) is 26.1. The zero-order valence-electron chi connectivity index (χ0n) is 14.9. The van der Waals surface area contributed by atoms with Crippen LogP contribution in [0.5, 0.6) is 0 Å².